The molecule has 2 atom stereocenters. The average molecular weight is 582 g/mol. The zero-order chi connectivity index (χ0) is 29.9. The number of nitrogens with zero attached hydrogens (tertiary/aromatic N) is 1. The molecule has 2 heterocycles. The van der Waals surface area contributed by atoms with Crippen molar-refractivity contribution in [3.8, 4) is 11.5 Å². The zero-order valence-corrected chi connectivity index (χ0v) is 24.0. The molecule has 7 rings (SSSR count). The van der Waals surface area contributed by atoms with Gasteiger partial charge in [0, 0.05) is 28.9 Å². The summed E-state index contributed by atoms with van der Waals surface area (Å²) in [6.07, 6.45) is 0.307. The summed E-state index contributed by atoms with van der Waals surface area (Å²) in [6, 6.07) is 40.8. The maximum atomic E-state index is 13.5. The molecule has 2 aliphatic rings. The van der Waals surface area contributed by atoms with E-state index < -0.39 is 0 Å². The predicted molar refractivity (Wildman–Crippen MR) is 168 cm³/mol. The molecule has 0 aromatic heterocycles. The molecule has 2 amide bonds. The largest absolute Gasteiger partial charge is 0.454 e. The summed E-state index contributed by atoms with van der Waals surface area (Å²) >= 11 is 0. The molecule has 218 valence electrons. The molecule has 7 heteroatoms. The van der Waals surface area contributed by atoms with Crippen molar-refractivity contribution in [3.05, 3.63) is 161 Å². The van der Waals surface area contributed by atoms with Gasteiger partial charge in [-0.2, -0.15) is 0 Å². The number of hydrogen-bond donors (Lipinski definition) is 2. The van der Waals surface area contributed by atoms with Crippen molar-refractivity contribution in [2.45, 2.75) is 25.2 Å². The molecule has 0 saturated heterocycles. The number of nitrogens with one attached hydrogen (secondary N) is 2. The first kappa shape index (κ1) is 27.3. The normalized spacial score (nSPS) is 15.5. The van der Waals surface area contributed by atoms with Crippen molar-refractivity contribution in [1.29, 1.82) is 0 Å². The fourth-order valence-electron chi connectivity index (χ4n) is 5.83. The van der Waals surface area contributed by atoms with Gasteiger partial charge in [-0.3, -0.25) is 9.59 Å². The van der Waals surface area contributed by atoms with E-state index in [-0.39, 0.29) is 30.8 Å². The molecule has 0 unspecified atom stereocenters. The third-order valence-corrected chi connectivity index (χ3v) is 8.09. The molecule has 2 N–H and O–H groups in total. The van der Waals surface area contributed by atoms with E-state index in [4.69, 9.17) is 9.47 Å². The number of rotatable bonds is 9. The van der Waals surface area contributed by atoms with Gasteiger partial charge in [0.15, 0.2) is 11.5 Å². The van der Waals surface area contributed by atoms with Crippen LogP contribution in [-0.4, -0.2) is 23.5 Å². The van der Waals surface area contributed by atoms with Crippen LogP contribution in [0.15, 0.2) is 127 Å². The number of anilines is 1. The summed E-state index contributed by atoms with van der Waals surface area (Å²) in [6.45, 7) is 0.593. The van der Waals surface area contributed by atoms with Crippen LogP contribution in [0, 0.1) is 0 Å². The molecule has 0 saturated carbocycles. The van der Waals surface area contributed by atoms with Gasteiger partial charge in [0.05, 0.1) is 6.04 Å². The number of amides is 2. The van der Waals surface area contributed by atoms with Gasteiger partial charge in [0.2, 0.25) is 6.79 Å². The van der Waals surface area contributed by atoms with Crippen LogP contribution in [0.2, 0.25) is 0 Å². The predicted octanol–water partition coefficient (Wildman–Crippen LogP) is 6.90. The van der Waals surface area contributed by atoms with Crippen LogP contribution in [0.25, 0.3) is 0 Å². The Kier molecular flexibility index (Phi) is 7.42. The van der Waals surface area contributed by atoms with Gasteiger partial charge in [-0.05, 0) is 65.6 Å². The molecule has 0 aliphatic carbocycles. The van der Waals surface area contributed by atoms with Crippen molar-refractivity contribution in [2.24, 2.45) is 0 Å². The highest BCUT2D eigenvalue weighted by molar-refractivity contribution is 5.99. The molecule has 5 aromatic rings. The van der Waals surface area contributed by atoms with E-state index >= 15 is 0 Å². The van der Waals surface area contributed by atoms with Crippen LogP contribution >= 0.6 is 0 Å². The van der Waals surface area contributed by atoms with Crippen molar-refractivity contribution in [2.75, 3.05) is 12.1 Å². The SMILES string of the molecule is O=C(N[C@H](Cc1ccccc1)c1ccccc1)c1ccc(N[C@@H]2c3ccccc3C(=O)N2Cc2ccc3c(c2)OCO3)cc1. The van der Waals surface area contributed by atoms with E-state index in [1.54, 1.807) is 0 Å². The summed E-state index contributed by atoms with van der Waals surface area (Å²) < 4.78 is 11.0. The zero-order valence-electron chi connectivity index (χ0n) is 24.0. The van der Waals surface area contributed by atoms with Crippen LogP contribution in [0.1, 0.15) is 55.2 Å². The van der Waals surface area contributed by atoms with Crippen LogP contribution < -0.4 is 20.1 Å². The molecular formula is C37H31N3O4. The number of carbonyl (C=O) groups is 2. The van der Waals surface area contributed by atoms with Crippen molar-refractivity contribution >= 4 is 17.5 Å². The molecule has 0 spiro atoms. The maximum Gasteiger partial charge on any atom is 0.256 e. The lowest BCUT2D eigenvalue weighted by atomic mass is 9.98. The number of benzene rings is 5. The summed E-state index contributed by atoms with van der Waals surface area (Å²) in [5.41, 5.74) is 6.09. The second-order valence-electron chi connectivity index (χ2n) is 11.0. The molecule has 0 bridgehead atoms. The number of fused-ring (bicyclic) bond motifs is 2. The summed E-state index contributed by atoms with van der Waals surface area (Å²) in [5, 5.41) is 6.76. The van der Waals surface area contributed by atoms with E-state index in [1.807, 2.05) is 120 Å². The van der Waals surface area contributed by atoms with Crippen LogP contribution in [0.3, 0.4) is 0 Å². The highest BCUT2D eigenvalue weighted by Gasteiger charge is 2.36. The Balaban J connectivity index is 1.09. The third-order valence-electron chi connectivity index (χ3n) is 8.09. The minimum atomic E-state index is -0.378. The highest BCUT2D eigenvalue weighted by Crippen LogP contribution is 2.38. The standard InChI is InChI=1S/C37H31N3O4/c41-36(39-32(27-11-5-2-6-12-27)21-25-9-3-1-4-10-25)28-16-18-29(19-17-28)38-35-30-13-7-8-14-31(30)37(42)40(35)23-26-15-20-33-34(22-26)44-24-43-33/h1-20,22,32,35,38H,21,23-24H2,(H,39,41)/t32-,35+/m1/s1. The highest BCUT2D eigenvalue weighted by atomic mass is 16.7. The summed E-state index contributed by atoms with van der Waals surface area (Å²) in [4.78, 5) is 28.7. The Hall–Kier alpha value is -5.56. The van der Waals surface area contributed by atoms with Gasteiger partial charge >= 0.3 is 0 Å². The molecular weight excluding hydrogens is 550 g/mol. The van der Waals surface area contributed by atoms with Crippen molar-refractivity contribution in [3.63, 3.8) is 0 Å². The molecule has 44 heavy (non-hydrogen) atoms. The third kappa shape index (κ3) is 5.60. The second-order valence-corrected chi connectivity index (χ2v) is 11.0. The quantitative estimate of drug-likeness (QED) is 0.198. The van der Waals surface area contributed by atoms with Crippen molar-refractivity contribution < 1.29 is 19.1 Å². The minimum absolute atomic E-state index is 0.0443. The Morgan fingerprint density at radius 3 is 2.27 bits per heavy atom. The number of ether oxygens (including phenoxy) is 2. The Labute approximate surface area is 256 Å². The van der Waals surface area contributed by atoms with E-state index in [1.165, 1.54) is 0 Å². The van der Waals surface area contributed by atoms with Gasteiger partial charge in [0.25, 0.3) is 11.8 Å². The topological polar surface area (TPSA) is 79.9 Å². The van der Waals surface area contributed by atoms with E-state index in [2.05, 4.69) is 22.8 Å². The monoisotopic (exact) mass is 581 g/mol. The van der Waals surface area contributed by atoms with Crippen LogP contribution in [0.4, 0.5) is 5.69 Å². The number of hydrogen-bond acceptors (Lipinski definition) is 5. The Bertz CT molecular complexity index is 1790. The first-order valence-electron chi connectivity index (χ1n) is 14.7. The lowest BCUT2D eigenvalue weighted by Gasteiger charge is -2.27. The average Bonchev–Trinajstić information content (AvgIpc) is 3.64. The fraction of sp³-hybridized carbons (Fsp3) is 0.135. The molecule has 7 nitrogen and oxygen atoms in total. The van der Waals surface area contributed by atoms with Crippen LogP contribution in [-0.2, 0) is 13.0 Å². The first-order chi connectivity index (χ1) is 21.6. The molecule has 5 aromatic carbocycles. The lowest BCUT2D eigenvalue weighted by molar-refractivity contribution is 0.0728. The van der Waals surface area contributed by atoms with Gasteiger partial charge in [-0.1, -0.05) is 84.9 Å². The lowest BCUT2D eigenvalue weighted by Crippen LogP contribution is -2.32. The van der Waals surface area contributed by atoms with Crippen LogP contribution in [0.5, 0.6) is 11.5 Å². The smallest absolute Gasteiger partial charge is 0.256 e. The van der Waals surface area contributed by atoms with E-state index in [0.29, 0.717) is 35.6 Å². The van der Waals surface area contributed by atoms with Gasteiger partial charge in [0.1, 0.15) is 6.17 Å². The summed E-state index contributed by atoms with van der Waals surface area (Å²) in [7, 11) is 0. The van der Waals surface area contributed by atoms with Gasteiger partial charge in [-0.25, -0.2) is 0 Å². The van der Waals surface area contributed by atoms with Gasteiger partial charge in [-0.15, -0.1) is 0 Å². The van der Waals surface area contributed by atoms with Gasteiger partial charge < -0.3 is 25.0 Å². The molecule has 2 aliphatic heterocycles. The van der Waals surface area contributed by atoms with E-state index in [9.17, 15) is 9.59 Å². The second kappa shape index (κ2) is 12.0. The Morgan fingerprint density at radius 1 is 0.773 bits per heavy atom. The molecule has 0 radical (unpaired) electrons. The first-order valence-corrected chi connectivity index (χ1v) is 14.7. The Morgan fingerprint density at radius 2 is 1.48 bits per heavy atom. The minimum Gasteiger partial charge on any atom is -0.454 e. The van der Waals surface area contributed by atoms with Crippen molar-refractivity contribution in [1.82, 2.24) is 10.2 Å². The van der Waals surface area contributed by atoms with E-state index in [0.717, 1.165) is 27.9 Å². The summed E-state index contributed by atoms with van der Waals surface area (Å²) in [5.74, 6) is 1.20. The molecule has 0 fully saturated rings. The number of carbonyl (C=O) groups excluding carboxylic acids is 2. The maximum absolute atomic E-state index is 13.5. The fourth-order valence-corrected chi connectivity index (χ4v) is 5.83.